The summed E-state index contributed by atoms with van der Waals surface area (Å²) < 4.78 is 13.3. The third-order valence-corrected chi connectivity index (χ3v) is 5.92. The van der Waals surface area contributed by atoms with Gasteiger partial charge in [-0.3, -0.25) is 4.57 Å². The minimum Gasteiger partial charge on any atom is -0.467 e. The van der Waals surface area contributed by atoms with Crippen LogP contribution in [0.25, 0.3) is 5.69 Å². The number of fused-ring (bicyclic) bond motifs is 1. The maximum atomic E-state index is 6.29. The topological polar surface area (TPSA) is 49.2 Å². The number of ether oxygens (including phenoxy) is 2. The first-order chi connectivity index (χ1) is 13.3. The van der Waals surface area contributed by atoms with Crippen molar-refractivity contribution in [2.45, 2.75) is 36.3 Å². The Morgan fingerprint density at radius 2 is 2.00 bits per heavy atom. The van der Waals surface area contributed by atoms with E-state index in [1.54, 1.807) is 11.8 Å². The lowest BCUT2D eigenvalue weighted by Crippen LogP contribution is -2.13. The van der Waals surface area contributed by atoms with Gasteiger partial charge in [0, 0.05) is 33.5 Å². The van der Waals surface area contributed by atoms with Crippen LogP contribution in [0.1, 0.15) is 35.7 Å². The van der Waals surface area contributed by atoms with Gasteiger partial charge in [0.05, 0.1) is 6.61 Å². The van der Waals surface area contributed by atoms with E-state index in [4.69, 9.17) is 21.1 Å². The fourth-order valence-corrected chi connectivity index (χ4v) is 4.50. The van der Waals surface area contributed by atoms with Crippen molar-refractivity contribution in [2.24, 2.45) is 0 Å². The first kappa shape index (κ1) is 17.1. The zero-order valence-corrected chi connectivity index (χ0v) is 16.2. The van der Waals surface area contributed by atoms with E-state index in [0.717, 1.165) is 33.5 Å². The lowest BCUT2D eigenvalue weighted by molar-refractivity contribution is -0.0168. The van der Waals surface area contributed by atoms with Crippen molar-refractivity contribution in [2.75, 3.05) is 6.79 Å². The summed E-state index contributed by atoms with van der Waals surface area (Å²) in [5.41, 5.74) is 3.15. The van der Waals surface area contributed by atoms with Gasteiger partial charge in [0.1, 0.15) is 11.6 Å². The van der Waals surface area contributed by atoms with E-state index in [1.807, 2.05) is 30.3 Å². The number of benzene rings is 2. The van der Waals surface area contributed by atoms with Crippen LogP contribution < -0.4 is 4.74 Å². The van der Waals surface area contributed by atoms with E-state index in [1.165, 1.54) is 12.8 Å². The Labute approximate surface area is 166 Å². The SMILES string of the molecule is Clc1cc2c(c(CSc3nnc(C4CC4)n3-c3ccccc3)c1)OCOC2. The molecular weight excluding hydrogens is 382 g/mol. The maximum Gasteiger partial charge on any atom is 0.196 e. The van der Waals surface area contributed by atoms with Crippen LogP contribution in [0.2, 0.25) is 5.02 Å². The molecule has 1 fully saturated rings. The first-order valence-corrected chi connectivity index (χ1v) is 10.3. The molecule has 5 rings (SSSR count). The largest absolute Gasteiger partial charge is 0.467 e. The van der Waals surface area contributed by atoms with Crippen molar-refractivity contribution in [1.82, 2.24) is 14.8 Å². The molecule has 5 nitrogen and oxygen atoms in total. The lowest BCUT2D eigenvalue weighted by atomic mass is 10.1. The monoisotopic (exact) mass is 399 g/mol. The molecule has 0 N–H and O–H groups in total. The number of halogens is 1. The van der Waals surface area contributed by atoms with Gasteiger partial charge in [-0.05, 0) is 37.1 Å². The minimum absolute atomic E-state index is 0.276. The summed E-state index contributed by atoms with van der Waals surface area (Å²) in [4.78, 5) is 0. The number of hydrogen-bond acceptors (Lipinski definition) is 5. The molecule has 2 aliphatic rings. The highest BCUT2D eigenvalue weighted by atomic mass is 35.5. The van der Waals surface area contributed by atoms with Crippen LogP contribution in [0.5, 0.6) is 5.75 Å². The average molecular weight is 400 g/mol. The van der Waals surface area contributed by atoms with E-state index < -0.39 is 0 Å². The Morgan fingerprint density at radius 3 is 2.81 bits per heavy atom. The van der Waals surface area contributed by atoms with Crippen LogP contribution in [0, 0.1) is 0 Å². The van der Waals surface area contributed by atoms with Crippen LogP contribution in [0.4, 0.5) is 0 Å². The minimum atomic E-state index is 0.276. The van der Waals surface area contributed by atoms with E-state index in [9.17, 15) is 0 Å². The van der Waals surface area contributed by atoms with Gasteiger partial charge >= 0.3 is 0 Å². The summed E-state index contributed by atoms with van der Waals surface area (Å²) in [6.07, 6.45) is 2.37. The van der Waals surface area contributed by atoms with E-state index in [-0.39, 0.29) is 6.79 Å². The molecule has 2 aromatic carbocycles. The first-order valence-electron chi connectivity index (χ1n) is 8.95. The van der Waals surface area contributed by atoms with Crippen LogP contribution in [-0.4, -0.2) is 21.6 Å². The number of thioether (sulfide) groups is 1. The fraction of sp³-hybridized carbons (Fsp3) is 0.300. The summed E-state index contributed by atoms with van der Waals surface area (Å²) in [5.74, 6) is 3.16. The highest BCUT2D eigenvalue weighted by Gasteiger charge is 2.31. The van der Waals surface area contributed by atoms with E-state index >= 15 is 0 Å². The molecule has 138 valence electrons. The number of hydrogen-bond donors (Lipinski definition) is 0. The molecular formula is C20H18ClN3O2S. The normalized spacial score (nSPS) is 16.0. The average Bonchev–Trinajstić information content (AvgIpc) is 3.46. The highest BCUT2D eigenvalue weighted by Crippen LogP contribution is 2.42. The smallest absolute Gasteiger partial charge is 0.196 e. The van der Waals surface area contributed by atoms with Gasteiger partial charge in [-0.25, -0.2) is 0 Å². The Hall–Kier alpha value is -2.02. The second-order valence-corrected chi connectivity index (χ2v) is 8.12. The summed E-state index contributed by atoms with van der Waals surface area (Å²) in [6.45, 7) is 0.803. The summed E-state index contributed by atoms with van der Waals surface area (Å²) in [7, 11) is 0. The zero-order chi connectivity index (χ0) is 18.2. The Balaban J connectivity index is 1.46. The molecule has 2 heterocycles. The van der Waals surface area contributed by atoms with Crippen LogP contribution >= 0.6 is 23.4 Å². The molecule has 0 bridgehead atoms. The molecule has 1 aliphatic heterocycles. The van der Waals surface area contributed by atoms with Crippen LogP contribution in [-0.2, 0) is 17.1 Å². The predicted molar refractivity (Wildman–Crippen MR) is 105 cm³/mol. The summed E-state index contributed by atoms with van der Waals surface area (Å²) >= 11 is 7.94. The number of para-hydroxylation sites is 1. The van der Waals surface area contributed by atoms with Crippen molar-refractivity contribution in [3.8, 4) is 11.4 Å². The van der Waals surface area contributed by atoms with Gasteiger partial charge < -0.3 is 9.47 Å². The van der Waals surface area contributed by atoms with Crippen molar-refractivity contribution in [3.63, 3.8) is 0 Å². The van der Waals surface area contributed by atoms with Crippen LogP contribution in [0.15, 0.2) is 47.6 Å². The molecule has 1 saturated carbocycles. The molecule has 0 saturated heterocycles. The lowest BCUT2D eigenvalue weighted by Gasteiger charge is -2.21. The van der Waals surface area contributed by atoms with Gasteiger partial charge in [0.25, 0.3) is 0 Å². The molecule has 0 amide bonds. The predicted octanol–water partition coefficient (Wildman–Crippen LogP) is 4.96. The molecule has 3 aromatic rings. The van der Waals surface area contributed by atoms with Gasteiger partial charge in [-0.1, -0.05) is 41.6 Å². The molecule has 0 unspecified atom stereocenters. The maximum absolute atomic E-state index is 6.29. The number of nitrogens with zero attached hydrogens (tertiary/aromatic N) is 3. The summed E-state index contributed by atoms with van der Waals surface area (Å²) in [5, 5.41) is 10.6. The zero-order valence-electron chi connectivity index (χ0n) is 14.6. The van der Waals surface area contributed by atoms with Gasteiger partial charge in [-0.15, -0.1) is 10.2 Å². The Morgan fingerprint density at radius 1 is 1.15 bits per heavy atom. The fourth-order valence-electron chi connectivity index (χ4n) is 3.31. The van der Waals surface area contributed by atoms with Crippen molar-refractivity contribution < 1.29 is 9.47 Å². The second kappa shape index (κ2) is 7.19. The quantitative estimate of drug-likeness (QED) is 0.567. The van der Waals surface area contributed by atoms with Crippen molar-refractivity contribution >= 4 is 23.4 Å². The number of rotatable bonds is 5. The van der Waals surface area contributed by atoms with Crippen LogP contribution in [0.3, 0.4) is 0 Å². The third kappa shape index (κ3) is 3.45. The standard InChI is InChI=1S/C20H18ClN3O2S/c21-16-8-14-10-25-12-26-18(14)15(9-16)11-27-20-23-22-19(13-6-7-13)24(20)17-4-2-1-3-5-17/h1-5,8-9,13H,6-7,10-12H2. The molecule has 7 heteroatoms. The van der Waals surface area contributed by atoms with Crippen molar-refractivity contribution in [3.05, 3.63) is 64.4 Å². The van der Waals surface area contributed by atoms with Gasteiger partial charge in [-0.2, -0.15) is 0 Å². The molecule has 0 atom stereocenters. The third-order valence-electron chi connectivity index (χ3n) is 4.72. The number of aromatic nitrogens is 3. The Kier molecular flexibility index (Phi) is 4.55. The molecule has 0 radical (unpaired) electrons. The van der Waals surface area contributed by atoms with E-state index in [2.05, 4.69) is 26.9 Å². The Bertz CT molecular complexity index is 973. The molecule has 0 spiro atoms. The molecule has 1 aromatic heterocycles. The van der Waals surface area contributed by atoms with Gasteiger partial charge in [0.15, 0.2) is 11.9 Å². The molecule has 1 aliphatic carbocycles. The van der Waals surface area contributed by atoms with E-state index in [0.29, 0.717) is 23.3 Å². The molecule has 27 heavy (non-hydrogen) atoms. The highest BCUT2D eigenvalue weighted by molar-refractivity contribution is 7.98. The van der Waals surface area contributed by atoms with Crippen molar-refractivity contribution in [1.29, 1.82) is 0 Å². The second-order valence-electron chi connectivity index (χ2n) is 6.74. The van der Waals surface area contributed by atoms with Gasteiger partial charge in [0.2, 0.25) is 0 Å². The summed E-state index contributed by atoms with van der Waals surface area (Å²) in [6, 6.07) is 14.2.